The molecule has 0 aliphatic carbocycles. The van der Waals surface area contributed by atoms with Crippen LogP contribution in [0.25, 0.3) is 0 Å². The van der Waals surface area contributed by atoms with E-state index >= 15 is 0 Å². The van der Waals surface area contributed by atoms with Gasteiger partial charge in [-0.25, -0.2) is 15.0 Å². The first-order chi connectivity index (χ1) is 27.3. The maximum absolute atomic E-state index is 12.9. The predicted molar refractivity (Wildman–Crippen MR) is 218 cm³/mol. The van der Waals surface area contributed by atoms with Gasteiger partial charge in [0.25, 0.3) is 5.91 Å². The number of anilines is 4. The molecule has 0 saturated carbocycles. The van der Waals surface area contributed by atoms with Crippen molar-refractivity contribution >= 4 is 57.2 Å². The molecule has 2 aromatic heterocycles. The lowest BCUT2D eigenvalue weighted by molar-refractivity contribution is -0.123. The number of hydrogen-bond acceptors (Lipinski definition) is 15. The van der Waals surface area contributed by atoms with Crippen LogP contribution in [0.3, 0.4) is 0 Å². The summed E-state index contributed by atoms with van der Waals surface area (Å²) >= 11 is 7.54. The second-order valence-corrected chi connectivity index (χ2v) is 14.5. The number of primary amides is 1. The van der Waals surface area contributed by atoms with E-state index in [-0.39, 0.29) is 12.5 Å². The summed E-state index contributed by atoms with van der Waals surface area (Å²) in [5.74, 6) is 1.43. The van der Waals surface area contributed by atoms with Crippen LogP contribution < -0.4 is 21.3 Å². The maximum Gasteiger partial charge on any atom is 0.267 e. The van der Waals surface area contributed by atoms with Crippen molar-refractivity contribution in [1.29, 1.82) is 0 Å². The van der Waals surface area contributed by atoms with Crippen LogP contribution in [0.1, 0.15) is 46.7 Å². The van der Waals surface area contributed by atoms with Gasteiger partial charge in [-0.1, -0.05) is 47.9 Å². The number of ether oxygens (including phenoxy) is 6. The summed E-state index contributed by atoms with van der Waals surface area (Å²) in [7, 11) is 0. The van der Waals surface area contributed by atoms with Crippen molar-refractivity contribution in [2.45, 2.75) is 39.5 Å². The molecular formula is C38H57ClN8O8S. The van der Waals surface area contributed by atoms with E-state index in [4.69, 9.17) is 50.7 Å². The third-order valence-corrected chi connectivity index (χ3v) is 9.79. The summed E-state index contributed by atoms with van der Waals surface area (Å²) in [5, 5.41) is 7.21. The quantitative estimate of drug-likeness (QED) is 0.0834. The van der Waals surface area contributed by atoms with Crippen LogP contribution in [0.5, 0.6) is 0 Å². The van der Waals surface area contributed by atoms with Crippen LogP contribution in [0.4, 0.5) is 22.5 Å². The molecular weight excluding hydrogens is 764 g/mol. The van der Waals surface area contributed by atoms with Crippen molar-refractivity contribution < 1.29 is 38.0 Å². The molecule has 4 N–H and O–H groups in total. The summed E-state index contributed by atoms with van der Waals surface area (Å²) in [6, 6.07) is 7.44. The van der Waals surface area contributed by atoms with Crippen LogP contribution in [0, 0.1) is 13.8 Å². The van der Waals surface area contributed by atoms with E-state index in [0.717, 1.165) is 63.6 Å². The van der Waals surface area contributed by atoms with Crippen LogP contribution in [0.15, 0.2) is 30.5 Å². The number of nitrogens with zero attached hydrogens (tertiary/aromatic N) is 5. The lowest BCUT2D eigenvalue weighted by Gasteiger charge is -2.35. The predicted octanol–water partition coefficient (Wildman–Crippen LogP) is 4.47. The molecule has 0 unspecified atom stereocenters. The topological polar surface area (TPSA) is 185 Å². The number of carbonyl (C=O) groups excluding carboxylic acids is 2. The number of halogens is 1. The van der Waals surface area contributed by atoms with E-state index in [1.807, 2.05) is 32.0 Å². The first kappa shape index (κ1) is 45.2. The smallest absolute Gasteiger partial charge is 0.267 e. The molecule has 3 aromatic rings. The largest absolute Gasteiger partial charge is 0.379 e. The van der Waals surface area contributed by atoms with E-state index in [1.54, 1.807) is 12.3 Å². The zero-order valence-electron chi connectivity index (χ0n) is 32.6. The number of benzene rings is 1. The summed E-state index contributed by atoms with van der Waals surface area (Å²) in [6.07, 6.45) is 6.10. The second kappa shape index (κ2) is 26.4. The molecule has 0 spiro atoms. The molecule has 1 saturated heterocycles. The molecule has 2 amide bonds. The average molecular weight is 821 g/mol. The minimum absolute atomic E-state index is 0.0940. The molecule has 18 heteroatoms. The highest BCUT2D eigenvalue weighted by molar-refractivity contribution is 7.17. The van der Waals surface area contributed by atoms with E-state index in [0.29, 0.717) is 98.4 Å². The average Bonchev–Trinajstić information content (AvgIpc) is 3.65. The Morgan fingerprint density at radius 3 is 2.04 bits per heavy atom. The highest BCUT2D eigenvalue weighted by Gasteiger charge is 2.20. The summed E-state index contributed by atoms with van der Waals surface area (Å²) in [4.78, 5) is 42.4. The van der Waals surface area contributed by atoms with E-state index in [1.165, 1.54) is 24.2 Å². The number of amides is 2. The Hall–Kier alpha value is -3.52. The molecule has 1 aromatic carbocycles. The van der Waals surface area contributed by atoms with E-state index in [2.05, 4.69) is 30.4 Å². The van der Waals surface area contributed by atoms with Gasteiger partial charge in [0.05, 0.1) is 83.0 Å². The molecule has 0 bridgehead atoms. The fourth-order valence-electron chi connectivity index (χ4n) is 5.66. The first-order valence-corrected chi connectivity index (χ1v) is 20.3. The zero-order chi connectivity index (χ0) is 39.8. The van der Waals surface area contributed by atoms with Crippen LogP contribution >= 0.6 is 22.9 Å². The van der Waals surface area contributed by atoms with Crippen LogP contribution in [-0.2, 0) is 33.2 Å². The minimum Gasteiger partial charge on any atom is -0.379 e. The Morgan fingerprint density at radius 2 is 1.41 bits per heavy atom. The summed E-state index contributed by atoms with van der Waals surface area (Å²) < 4.78 is 32.5. The third kappa shape index (κ3) is 17.7. The maximum atomic E-state index is 12.9. The Morgan fingerprint density at radius 1 is 0.804 bits per heavy atom. The van der Waals surface area contributed by atoms with Gasteiger partial charge in [-0.05, 0) is 44.9 Å². The Balaban J connectivity index is 0.964. The van der Waals surface area contributed by atoms with E-state index in [9.17, 15) is 9.59 Å². The molecule has 1 fully saturated rings. The van der Waals surface area contributed by atoms with Crippen molar-refractivity contribution in [2.75, 3.05) is 128 Å². The van der Waals surface area contributed by atoms with Gasteiger partial charge < -0.3 is 49.7 Å². The number of para-hydroxylation sites is 1. The Kier molecular flexibility index (Phi) is 21.3. The number of unbranched alkanes of at least 4 members (excludes halogenated alkanes) is 3. The van der Waals surface area contributed by atoms with Gasteiger partial charge in [0.2, 0.25) is 5.91 Å². The number of nitrogens with one attached hydrogen (secondary N) is 2. The van der Waals surface area contributed by atoms with Gasteiger partial charge in [-0.15, -0.1) is 0 Å². The number of carbonyl (C=O) groups is 2. The van der Waals surface area contributed by atoms with Crippen molar-refractivity contribution in [2.24, 2.45) is 5.73 Å². The number of rotatable bonds is 29. The molecule has 0 radical (unpaired) electrons. The molecule has 16 nitrogen and oxygen atoms in total. The molecule has 4 rings (SSSR count). The van der Waals surface area contributed by atoms with Gasteiger partial charge in [0, 0.05) is 38.9 Å². The highest BCUT2D eigenvalue weighted by atomic mass is 35.5. The number of aromatic nitrogens is 3. The summed E-state index contributed by atoms with van der Waals surface area (Å²) in [6.45, 7) is 14.1. The van der Waals surface area contributed by atoms with Crippen LogP contribution in [0.2, 0.25) is 5.02 Å². The van der Waals surface area contributed by atoms with E-state index < -0.39 is 5.91 Å². The minimum atomic E-state index is -0.493. The zero-order valence-corrected chi connectivity index (χ0v) is 34.2. The van der Waals surface area contributed by atoms with Crippen molar-refractivity contribution in [3.05, 3.63) is 51.7 Å². The van der Waals surface area contributed by atoms with Gasteiger partial charge >= 0.3 is 0 Å². The molecule has 310 valence electrons. The molecule has 1 aliphatic heterocycles. The molecule has 0 atom stereocenters. The van der Waals surface area contributed by atoms with Gasteiger partial charge in [-0.2, -0.15) is 0 Å². The number of nitrogens with two attached hydrogens (primary N) is 1. The first-order valence-electron chi connectivity index (χ1n) is 19.2. The lowest BCUT2D eigenvalue weighted by Crippen LogP contribution is -2.47. The van der Waals surface area contributed by atoms with Crippen molar-refractivity contribution in [1.82, 2.24) is 19.9 Å². The molecule has 3 heterocycles. The van der Waals surface area contributed by atoms with Gasteiger partial charge in [0.1, 0.15) is 28.9 Å². The number of aryl methyl sites for hydroxylation is 2. The third-order valence-electron chi connectivity index (χ3n) is 8.56. The number of thiazole rings is 1. The van der Waals surface area contributed by atoms with Crippen molar-refractivity contribution in [3.63, 3.8) is 0 Å². The van der Waals surface area contributed by atoms with Crippen molar-refractivity contribution in [3.8, 4) is 0 Å². The highest BCUT2D eigenvalue weighted by Crippen LogP contribution is 2.28. The Bertz CT molecular complexity index is 1580. The fraction of sp³-hybridized carbons (Fsp3) is 0.605. The Labute approximate surface area is 338 Å². The summed E-state index contributed by atoms with van der Waals surface area (Å²) in [5.41, 5.74) is 6.46. The number of piperazine rings is 1. The second-order valence-electron chi connectivity index (χ2n) is 13.0. The van der Waals surface area contributed by atoms with Gasteiger partial charge in [0.15, 0.2) is 5.13 Å². The normalized spacial score (nSPS) is 13.3. The number of hydrogen-bond donors (Lipinski definition) is 3. The molecule has 56 heavy (non-hydrogen) atoms. The van der Waals surface area contributed by atoms with Gasteiger partial charge in [-0.3, -0.25) is 14.5 Å². The SMILES string of the molecule is Cc1nc(Nc2ncc(C(=O)Nc3c(C)cccc3Cl)s2)cc(N2CCN(CCCCCCOCCOCCOCCOCCOCCOCC(N)=O)CC2)n1. The monoisotopic (exact) mass is 820 g/mol. The standard InChI is InChI=1S/C38H57ClN8O8S/c1-29-8-7-9-31(39)36(29)45-37(49)32-27-41-38(56-32)44-34-26-35(43-30(2)42-34)47-13-11-46(12-14-47)10-5-3-4-6-15-50-16-17-51-18-19-52-20-21-53-22-23-54-24-25-55-28-33(40)48/h7-9,26-27H,3-6,10-25,28H2,1-2H3,(H2,40,48)(H,45,49)(H,41,42,43,44). The fourth-order valence-corrected chi connectivity index (χ4v) is 6.64. The van der Waals surface area contributed by atoms with Crippen LogP contribution in [-0.4, -0.2) is 144 Å². The molecule has 1 aliphatic rings. The lowest BCUT2D eigenvalue weighted by atomic mass is 10.2.